The minimum Gasteiger partial charge on any atom is -0.488 e. The van der Waals surface area contributed by atoms with Crippen LogP contribution < -0.4 is 15.8 Å². The van der Waals surface area contributed by atoms with E-state index >= 15 is 0 Å². The van der Waals surface area contributed by atoms with Gasteiger partial charge in [-0.15, -0.1) is 0 Å². The number of amides is 1. The molecule has 0 aromatic heterocycles. The highest BCUT2D eigenvalue weighted by atomic mass is 16.5. The minimum absolute atomic E-state index is 0.0216. The van der Waals surface area contributed by atoms with Crippen molar-refractivity contribution in [3.63, 3.8) is 0 Å². The third kappa shape index (κ3) is 2.38. The summed E-state index contributed by atoms with van der Waals surface area (Å²) >= 11 is 0. The Bertz CT molecular complexity index is 682. The van der Waals surface area contributed by atoms with Gasteiger partial charge in [-0.2, -0.15) is 0 Å². The molecule has 2 aromatic rings. The summed E-state index contributed by atoms with van der Waals surface area (Å²) in [4.78, 5) is 12.1. The SMILES string of the molecule is CNC(=O)c1ccccc1-c1cccc2c1O[C@H](CN)C2. The number of rotatable bonds is 3. The molecule has 0 aliphatic carbocycles. The topological polar surface area (TPSA) is 64.3 Å². The number of ether oxygens (including phenoxy) is 1. The molecule has 0 bridgehead atoms. The Morgan fingerprint density at radius 3 is 2.76 bits per heavy atom. The van der Waals surface area contributed by atoms with Gasteiger partial charge in [-0.25, -0.2) is 0 Å². The largest absolute Gasteiger partial charge is 0.488 e. The average Bonchev–Trinajstić information content (AvgIpc) is 2.97. The maximum absolute atomic E-state index is 12.1. The van der Waals surface area contributed by atoms with E-state index in [0.717, 1.165) is 28.9 Å². The lowest BCUT2D eigenvalue weighted by molar-refractivity contribution is 0.0963. The Kier molecular flexibility index (Phi) is 3.62. The molecule has 4 nitrogen and oxygen atoms in total. The van der Waals surface area contributed by atoms with Crippen LogP contribution in [0.2, 0.25) is 0 Å². The van der Waals surface area contributed by atoms with Gasteiger partial charge >= 0.3 is 0 Å². The quantitative estimate of drug-likeness (QED) is 0.904. The van der Waals surface area contributed by atoms with Gasteiger partial charge in [-0.3, -0.25) is 4.79 Å². The monoisotopic (exact) mass is 282 g/mol. The van der Waals surface area contributed by atoms with Gasteiger partial charge in [0, 0.05) is 31.1 Å². The molecule has 0 saturated heterocycles. The fraction of sp³-hybridized carbons (Fsp3) is 0.235. The van der Waals surface area contributed by atoms with E-state index in [4.69, 9.17) is 10.5 Å². The van der Waals surface area contributed by atoms with Crippen LogP contribution in [-0.4, -0.2) is 25.6 Å². The zero-order chi connectivity index (χ0) is 14.8. The van der Waals surface area contributed by atoms with Crippen LogP contribution in [0.5, 0.6) is 5.75 Å². The van der Waals surface area contributed by atoms with Crippen molar-refractivity contribution in [3.05, 3.63) is 53.6 Å². The summed E-state index contributed by atoms with van der Waals surface area (Å²) in [5, 5.41) is 2.68. The molecule has 1 aliphatic heterocycles. The molecule has 1 atom stereocenters. The molecule has 1 amide bonds. The lowest BCUT2D eigenvalue weighted by Gasteiger charge is -2.13. The second-order valence-corrected chi connectivity index (χ2v) is 5.10. The maximum Gasteiger partial charge on any atom is 0.251 e. The number of nitrogens with one attached hydrogen (secondary N) is 1. The van der Waals surface area contributed by atoms with Crippen molar-refractivity contribution >= 4 is 5.91 Å². The molecule has 3 rings (SSSR count). The van der Waals surface area contributed by atoms with Gasteiger partial charge < -0.3 is 15.8 Å². The molecule has 21 heavy (non-hydrogen) atoms. The fourth-order valence-electron chi connectivity index (χ4n) is 2.73. The van der Waals surface area contributed by atoms with E-state index in [1.807, 2.05) is 36.4 Å². The highest BCUT2D eigenvalue weighted by molar-refractivity contribution is 6.01. The Balaban J connectivity index is 2.12. The number of hydrogen-bond donors (Lipinski definition) is 2. The van der Waals surface area contributed by atoms with Crippen LogP contribution in [-0.2, 0) is 6.42 Å². The first-order valence-corrected chi connectivity index (χ1v) is 7.04. The van der Waals surface area contributed by atoms with Gasteiger partial charge in [0.15, 0.2) is 0 Å². The predicted octanol–water partition coefficient (Wildman–Crippen LogP) is 1.98. The molecule has 108 valence electrons. The summed E-state index contributed by atoms with van der Waals surface area (Å²) in [6.45, 7) is 0.491. The van der Waals surface area contributed by atoms with Crippen LogP contribution in [0.1, 0.15) is 15.9 Å². The number of hydrogen-bond acceptors (Lipinski definition) is 3. The number of benzene rings is 2. The molecule has 0 radical (unpaired) electrons. The van der Waals surface area contributed by atoms with Crippen LogP contribution in [0.3, 0.4) is 0 Å². The molecule has 0 spiro atoms. The Labute approximate surface area is 123 Å². The molecule has 3 N–H and O–H groups in total. The molecule has 0 unspecified atom stereocenters. The molecule has 1 heterocycles. The second-order valence-electron chi connectivity index (χ2n) is 5.10. The second kappa shape index (κ2) is 5.58. The van der Waals surface area contributed by atoms with Gasteiger partial charge in [0.25, 0.3) is 5.91 Å². The molecular formula is C17H18N2O2. The van der Waals surface area contributed by atoms with Crippen molar-refractivity contribution in [2.75, 3.05) is 13.6 Å². The summed E-state index contributed by atoms with van der Waals surface area (Å²) in [6, 6.07) is 13.6. The Morgan fingerprint density at radius 1 is 1.24 bits per heavy atom. The van der Waals surface area contributed by atoms with Gasteiger partial charge in [-0.05, 0) is 17.2 Å². The summed E-state index contributed by atoms with van der Waals surface area (Å²) in [7, 11) is 1.63. The maximum atomic E-state index is 12.1. The van der Waals surface area contributed by atoms with E-state index in [0.29, 0.717) is 12.1 Å². The molecule has 1 aliphatic rings. The van der Waals surface area contributed by atoms with E-state index in [9.17, 15) is 4.79 Å². The zero-order valence-corrected chi connectivity index (χ0v) is 11.9. The van der Waals surface area contributed by atoms with E-state index in [2.05, 4.69) is 11.4 Å². The van der Waals surface area contributed by atoms with Gasteiger partial charge in [0.2, 0.25) is 0 Å². The lowest BCUT2D eigenvalue weighted by atomic mass is 9.96. The standard InChI is InChI=1S/C17H18N2O2/c1-19-17(20)15-7-3-2-6-13(15)14-8-4-5-11-9-12(10-18)21-16(11)14/h2-8,12H,9-10,18H2,1H3,(H,19,20)/t12-/m0/s1. The summed E-state index contributed by atoms with van der Waals surface area (Å²) < 4.78 is 5.95. The summed E-state index contributed by atoms with van der Waals surface area (Å²) in [5.74, 6) is 0.751. The van der Waals surface area contributed by atoms with Gasteiger partial charge in [0.1, 0.15) is 11.9 Å². The van der Waals surface area contributed by atoms with Crippen molar-refractivity contribution in [2.45, 2.75) is 12.5 Å². The first kappa shape index (κ1) is 13.6. The normalized spacial score (nSPS) is 16.2. The van der Waals surface area contributed by atoms with Crippen molar-refractivity contribution in [1.29, 1.82) is 0 Å². The summed E-state index contributed by atoms with van der Waals surface area (Å²) in [6.07, 6.45) is 0.843. The van der Waals surface area contributed by atoms with E-state index < -0.39 is 0 Å². The molecule has 0 saturated carbocycles. The van der Waals surface area contributed by atoms with Crippen LogP contribution in [0.4, 0.5) is 0 Å². The van der Waals surface area contributed by atoms with Crippen molar-refractivity contribution in [1.82, 2.24) is 5.32 Å². The first-order valence-electron chi connectivity index (χ1n) is 7.04. The fourth-order valence-corrected chi connectivity index (χ4v) is 2.73. The third-order valence-electron chi connectivity index (χ3n) is 3.78. The smallest absolute Gasteiger partial charge is 0.251 e. The van der Waals surface area contributed by atoms with E-state index in [1.54, 1.807) is 7.05 Å². The third-order valence-corrected chi connectivity index (χ3v) is 3.78. The first-order chi connectivity index (χ1) is 10.2. The van der Waals surface area contributed by atoms with Gasteiger partial charge in [-0.1, -0.05) is 36.4 Å². The Hall–Kier alpha value is -2.33. The number of nitrogens with two attached hydrogens (primary N) is 1. The van der Waals surface area contributed by atoms with Crippen molar-refractivity contribution in [3.8, 4) is 16.9 Å². The summed E-state index contributed by atoms with van der Waals surface area (Å²) in [5.41, 5.74) is 9.33. The van der Waals surface area contributed by atoms with Gasteiger partial charge in [0.05, 0.1) is 0 Å². The molecular weight excluding hydrogens is 264 g/mol. The van der Waals surface area contributed by atoms with Crippen LogP contribution in [0.15, 0.2) is 42.5 Å². The minimum atomic E-state index is -0.100. The molecule has 0 fully saturated rings. The number of carbonyl (C=O) groups excluding carboxylic acids is 1. The Morgan fingerprint density at radius 2 is 2.00 bits per heavy atom. The van der Waals surface area contributed by atoms with E-state index in [-0.39, 0.29) is 12.0 Å². The number of fused-ring (bicyclic) bond motifs is 1. The highest BCUT2D eigenvalue weighted by Crippen LogP contribution is 2.39. The van der Waals surface area contributed by atoms with E-state index in [1.165, 1.54) is 0 Å². The number of para-hydroxylation sites is 1. The zero-order valence-electron chi connectivity index (χ0n) is 11.9. The average molecular weight is 282 g/mol. The highest BCUT2D eigenvalue weighted by Gasteiger charge is 2.25. The van der Waals surface area contributed by atoms with Crippen LogP contribution in [0.25, 0.3) is 11.1 Å². The molecule has 2 aromatic carbocycles. The lowest BCUT2D eigenvalue weighted by Crippen LogP contribution is -2.24. The predicted molar refractivity (Wildman–Crippen MR) is 82.4 cm³/mol. The molecule has 4 heteroatoms. The van der Waals surface area contributed by atoms with Crippen LogP contribution >= 0.6 is 0 Å². The van der Waals surface area contributed by atoms with Crippen LogP contribution in [0, 0.1) is 0 Å². The number of carbonyl (C=O) groups is 1. The van der Waals surface area contributed by atoms with Crippen molar-refractivity contribution < 1.29 is 9.53 Å². The van der Waals surface area contributed by atoms with Crippen molar-refractivity contribution in [2.24, 2.45) is 5.73 Å².